The summed E-state index contributed by atoms with van der Waals surface area (Å²) in [6, 6.07) is 9.88. The van der Waals surface area contributed by atoms with E-state index in [0.29, 0.717) is 18.9 Å². The van der Waals surface area contributed by atoms with Crippen LogP contribution in [-0.2, 0) is 16.0 Å². The van der Waals surface area contributed by atoms with Crippen molar-refractivity contribution in [1.82, 2.24) is 0 Å². The maximum atomic E-state index is 11.8. The summed E-state index contributed by atoms with van der Waals surface area (Å²) >= 11 is 4.32. The molecule has 1 aromatic carbocycles. The van der Waals surface area contributed by atoms with Crippen molar-refractivity contribution in [3.05, 3.63) is 35.9 Å². The molecule has 0 aliphatic heterocycles. The van der Waals surface area contributed by atoms with Crippen LogP contribution < -0.4 is 0 Å². The first-order valence-electron chi connectivity index (χ1n) is 6.52. The highest BCUT2D eigenvalue weighted by molar-refractivity contribution is 7.81. The third-order valence-corrected chi connectivity index (χ3v) is 3.23. The van der Waals surface area contributed by atoms with Crippen LogP contribution in [0.4, 0.5) is 0 Å². The average molecular weight is 266 g/mol. The number of carbonyl (C=O) groups is 1. The van der Waals surface area contributed by atoms with E-state index in [4.69, 9.17) is 4.74 Å². The van der Waals surface area contributed by atoms with E-state index in [1.165, 1.54) is 0 Å². The molecule has 0 N–H and O–H groups in total. The fourth-order valence-corrected chi connectivity index (χ4v) is 2.10. The van der Waals surface area contributed by atoms with Crippen LogP contribution >= 0.6 is 12.6 Å². The predicted molar refractivity (Wildman–Crippen MR) is 78.0 cm³/mol. The molecule has 0 aliphatic carbocycles. The normalized spacial score (nSPS) is 13.9. The third kappa shape index (κ3) is 5.58. The Kier molecular flexibility index (Phi) is 6.88. The second kappa shape index (κ2) is 8.20. The number of hydrogen-bond donors (Lipinski definition) is 1. The largest absolute Gasteiger partial charge is 0.465 e. The first kappa shape index (κ1) is 15.1. The zero-order valence-corrected chi connectivity index (χ0v) is 12.0. The Bertz CT molecular complexity index is 351. The molecule has 2 unspecified atom stereocenters. The van der Waals surface area contributed by atoms with Crippen LogP contribution in [-0.4, -0.2) is 17.8 Å². The molecule has 0 spiro atoms. The number of ether oxygens (including phenoxy) is 1. The molecule has 1 aromatic rings. The lowest BCUT2D eigenvalue weighted by atomic mass is 10.1. The molecule has 0 saturated heterocycles. The molecule has 0 bridgehead atoms. The van der Waals surface area contributed by atoms with Gasteiger partial charge in [0.05, 0.1) is 6.61 Å². The van der Waals surface area contributed by atoms with Gasteiger partial charge in [-0.2, -0.15) is 12.6 Å². The second-order valence-electron chi connectivity index (χ2n) is 4.73. The highest BCUT2D eigenvalue weighted by atomic mass is 32.1. The summed E-state index contributed by atoms with van der Waals surface area (Å²) in [5.74, 6) is 0.210. The molecule has 0 amide bonds. The summed E-state index contributed by atoms with van der Waals surface area (Å²) in [7, 11) is 0. The van der Waals surface area contributed by atoms with E-state index < -0.39 is 0 Å². The molecule has 0 aromatic heterocycles. The standard InChI is InChI=1S/C15H22O2S/c1-3-7-12(2)11-17-15(16)14(18)10-13-8-5-4-6-9-13/h4-6,8-9,12,14,18H,3,7,10-11H2,1-2H3. The SMILES string of the molecule is CCCC(C)COC(=O)C(S)Cc1ccccc1. The molecule has 0 fully saturated rings. The van der Waals surface area contributed by atoms with Crippen LogP contribution in [0, 0.1) is 5.92 Å². The molecule has 0 heterocycles. The summed E-state index contributed by atoms with van der Waals surface area (Å²) in [4.78, 5) is 11.8. The van der Waals surface area contributed by atoms with E-state index in [9.17, 15) is 4.79 Å². The lowest BCUT2D eigenvalue weighted by molar-refractivity contribution is -0.144. The number of carbonyl (C=O) groups excluding carboxylic acids is 1. The fourth-order valence-electron chi connectivity index (χ4n) is 1.82. The predicted octanol–water partition coefficient (Wildman–Crippen LogP) is 3.51. The molecule has 1 rings (SSSR count). The second-order valence-corrected chi connectivity index (χ2v) is 5.35. The number of benzene rings is 1. The van der Waals surface area contributed by atoms with E-state index in [0.717, 1.165) is 18.4 Å². The van der Waals surface area contributed by atoms with Crippen LogP contribution in [0.15, 0.2) is 30.3 Å². The smallest absolute Gasteiger partial charge is 0.319 e. The molecule has 0 aliphatic rings. The minimum Gasteiger partial charge on any atom is -0.465 e. The van der Waals surface area contributed by atoms with Gasteiger partial charge in [-0.15, -0.1) is 0 Å². The Morgan fingerprint density at radius 3 is 2.61 bits per heavy atom. The molecule has 0 radical (unpaired) electrons. The van der Waals surface area contributed by atoms with Gasteiger partial charge in [0.2, 0.25) is 0 Å². The number of esters is 1. The van der Waals surface area contributed by atoms with Crippen LogP contribution in [0.25, 0.3) is 0 Å². The Morgan fingerprint density at radius 2 is 2.00 bits per heavy atom. The summed E-state index contributed by atoms with van der Waals surface area (Å²) < 4.78 is 5.28. The van der Waals surface area contributed by atoms with Gasteiger partial charge in [0.1, 0.15) is 5.25 Å². The molecular weight excluding hydrogens is 244 g/mol. The van der Waals surface area contributed by atoms with Crippen molar-refractivity contribution in [3.8, 4) is 0 Å². The van der Waals surface area contributed by atoms with E-state index >= 15 is 0 Å². The number of rotatable bonds is 7. The lowest BCUT2D eigenvalue weighted by Crippen LogP contribution is -2.22. The van der Waals surface area contributed by atoms with Gasteiger partial charge >= 0.3 is 5.97 Å². The van der Waals surface area contributed by atoms with E-state index in [1.54, 1.807) is 0 Å². The summed E-state index contributed by atoms with van der Waals surface area (Å²) in [5, 5.41) is -0.374. The summed E-state index contributed by atoms with van der Waals surface area (Å²) in [6.45, 7) is 4.73. The highest BCUT2D eigenvalue weighted by Gasteiger charge is 2.16. The van der Waals surface area contributed by atoms with Crippen molar-refractivity contribution in [2.45, 2.75) is 38.4 Å². The van der Waals surface area contributed by atoms with Gasteiger partial charge < -0.3 is 4.74 Å². The van der Waals surface area contributed by atoms with E-state index in [2.05, 4.69) is 26.5 Å². The Hall–Kier alpha value is -0.960. The Labute approximate surface area is 115 Å². The molecule has 2 atom stereocenters. The molecular formula is C15H22O2S. The number of hydrogen-bond acceptors (Lipinski definition) is 3. The zero-order valence-electron chi connectivity index (χ0n) is 11.1. The van der Waals surface area contributed by atoms with Gasteiger partial charge in [0, 0.05) is 0 Å². The van der Waals surface area contributed by atoms with E-state index in [1.807, 2.05) is 30.3 Å². The van der Waals surface area contributed by atoms with Crippen molar-refractivity contribution in [3.63, 3.8) is 0 Å². The molecule has 2 nitrogen and oxygen atoms in total. The molecule has 0 saturated carbocycles. The van der Waals surface area contributed by atoms with Crippen LogP contribution in [0.2, 0.25) is 0 Å². The van der Waals surface area contributed by atoms with Gasteiger partial charge in [-0.1, -0.05) is 50.6 Å². The van der Waals surface area contributed by atoms with Gasteiger partial charge in [-0.25, -0.2) is 0 Å². The summed E-state index contributed by atoms with van der Waals surface area (Å²) in [5.41, 5.74) is 1.11. The molecule has 18 heavy (non-hydrogen) atoms. The van der Waals surface area contributed by atoms with Crippen molar-refractivity contribution in [1.29, 1.82) is 0 Å². The lowest BCUT2D eigenvalue weighted by Gasteiger charge is -2.14. The van der Waals surface area contributed by atoms with Gasteiger partial charge in [0.15, 0.2) is 0 Å². The quantitative estimate of drug-likeness (QED) is 0.604. The molecule has 3 heteroatoms. The van der Waals surface area contributed by atoms with Gasteiger partial charge in [0.25, 0.3) is 0 Å². The number of thiol groups is 1. The van der Waals surface area contributed by atoms with Crippen molar-refractivity contribution in [2.24, 2.45) is 5.92 Å². The highest BCUT2D eigenvalue weighted by Crippen LogP contribution is 2.11. The third-order valence-electron chi connectivity index (χ3n) is 2.84. The topological polar surface area (TPSA) is 26.3 Å². The zero-order chi connectivity index (χ0) is 13.4. The van der Waals surface area contributed by atoms with Crippen molar-refractivity contribution in [2.75, 3.05) is 6.61 Å². The maximum Gasteiger partial charge on any atom is 0.319 e. The Balaban J connectivity index is 2.33. The average Bonchev–Trinajstić information content (AvgIpc) is 2.37. The monoisotopic (exact) mass is 266 g/mol. The van der Waals surface area contributed by atoms with Crippen molar-refractivity contribution >= 4 is 18.6 Å². The minimum absolute atomic E-state index is 0.217. The van der Waals surface area contributed by atoms with Crippen LogP contribution in [0.5, 0.6) is 0 Å². The fraction of sp³-hybridized carbons (Fsp3) is 0.533. The maximum absolute atomic E-state index is 11.8. The van der Waals surface area contributed by atoms with Crippen LogP contribution in [0.3, 0.4) is 0 Å². The van der Waals surface area contributed by atoms with Gasteiger partial charge in [-0.05, 0) is 24.3 Å². The van der Waals surface area contributed by atoms with Gasteiger partial charge in [-0.3, -0.25) is 4.79 Å². The first-order chi connectivity index (χ1) is 8.63. The minimum atomic E-state index is -0.374. The molecule has 100 valence electrons. The van der Waals surface area contributed by atoms with E-state index in [-0.39, 0.29) is 11.2 Å². The van der Waals surface area contributed by atoms with Crippen LogP contribution in [0.1, 0.15) is 32.3 Å². The Morgan fingerprint density at radius 1 is 1.33 bits per heavy atom. The first-order valence-corrected chi connectivity index (χ1v) is 7.03. The summed E-state index contributed by atoms with van der Waals surface area (Å²) in [6.07, 6.45) is 2.82. The van der Waals surface area contributed by atoms with Crippen molar-refractivity contribution < 1.29 is 9.53 Å².